The lowest BCUT2D eigenvalue weighted by Gasteiger charge is -2.08. The van der Waals surface area contributed by atoms with Crippen LogP contribution in [0.1, 0.15) is 5.56 Å². The molecule has 2 aromatic carbocycles. The van der Waals surface area contributed by atoms with Crippen LogP contribution in [0.25, 0.3) is 0 Å². The third kappa shape index (κ3) is 4.89. The van der Waals surface area contributed by atoms with E-state index in [2.05, 4.69) is 5.32 Å². The first kappa shape index (κ1) is 15.0. The van der Waals surface area contributed by atoms with Gasteiger partial charge in [0.15, 0.2) is 6.61 Å². The second-order valence-electron chi connectivity index (χ2n) is 4.53. The minimum absolute atomic E-state index is 0.132. The van der Waals surface area contributed by atoms with Gasteiger partial charge in [-0.1, -0.05) is 18.2 Å². The first-order chi connectivity index (χ1) is 10.2. The molecule has 0 unspecified atom stereocenters. The largest absolute Gasteiger partial charge is 0.484 e. The Bertz CT molecular complexity index is 599. The summed E-state index contributed by atoms with van der Waals surface area (Å²) in [7, 11) is 0. The Kier molecular flexibility index (Phi) is 5.29. The predicted molar refractivity (Wildman–Crippen MR) is 79.7 cm³/mol. The number of amides is 1. The number of anilines is 1. The molecule has 0 heterocycles. The smallest absolute Gasteiger partial charge is 0.262 e. The molecule has 0 spiro atoms. The highest BCUT2D eigenvalue weighted by Crippen LogP contribution is 2.13. The molecule has 0 fully saturated rings. The van der Waals surface area contributed by atoms with Gasteiger partial charge in [0.1, 0.15) is 11.6 Å². The summed E-state index contributed by atoms with van der Waals surface area (Å²) in [5, 5.41) is 2.56. The van der Waals surface area contributed by atoms with Gasteiger partial charge in [0, 0.05) is 5.69 Å². The van der Waals surface area contributed by atoms with E-state index in [1.807, 2.05) is 12.1 Å². The SMILES string of the molecule is NCCc1ccc(OCC(=O)Nc2cccc(F)c2)cc1. The van der Waals surface area contributed by atoms with E-state index >= 15 is 0 Å². The van der Waals surface area contributed by atoms with Crippen LogP contribution in [-0.2, 0) is 11.2 Å². The van der Waals surface area contributed by atoms with Gasteiger partial charge in [-0.2, -0.15) is 0 Å². The van der Waals surface area contributed by atoms with E-state index in [0.29, 0.717) is 18.0 Å². The van der Waals surface area contributed by atoms with Crippen LogP contribution in [0.2, 0.25) is 0 Å². The van der Waals surface area contributed by atoms with Gasteiger partial charge in [-0.25, -0.2) is 4.39 Å². The highest BCUT2D eigenvalue weighted by molar-refractivity contribution is 5.91. The number of benzene rings is 2. The second-order valence-corrected chi connectivity index (χ2v) is 4.53. The Morgan fingerprint density at radius 3 is 2.62 bits per heavy atom. The lowest BCUT2D eigenvalue weighted by molar-refractivity contribution is -0.118. The summed E-state index contributed by atoms with van der Waals surface area (Å²) in [6, 6.07) is 13.1. The van der Waals surface area contributed by atoms with Crippen molar-refractivity contribution < 1.29 is 13.9 Å². The van der Waals surface area contributed by atoms with Crippen molar-refractivity contribution in [2.24, 2.45) is 5.73 Å². The maximum Gasteiger partial charge on any atom is 0.262 e. The van der Waals surface area contributed by atoms with Crippen molar-refractivity contribution in [2.45, 2.75) is 6.42 Å². The van der Waals surface area contributed by atoms with Crippen molar-refractivity contribution in [1.82, 2.24) is 0 Å². The Labute approximate surface area is 122 Å². The quantitative estimate of drug-likeness (QED) is 0.857. The summed E-state index contributed by atoms with van der Waals surface area (Å²) in [5.74, 6) is -0.138. The molecule has 0 radical (unpaired) electrons. The molecule has 0 saturated carbocycles. The van der Waals surface area contributed by atoms with E-state index < -0.39 is 5.82 Å². The number of halogens is 1. The molecule has 110 valence electrons. The number of hydrogen-bond acceptors (Lipinski definition) is 3. The third-order valence-corrected chi connectivity index (χ3v) is 2.83. The molecule has 0 aliphatic heterocycles. The van der Waals surface area contributed by atoms with E-state index in [1.165, 1.54) is 18.2 Å². The fourth-order valence-electron chi connectivity index (χ4n) is 1.83. The number of nitrogens with one attached hydrogen (secondary N) is 1. The van der Waals surface area contributed by atoms with Gasteiger partial charge in [0.2, 0.25) is 0 Å². The topological polar surface area (TPSA) is 64.3 Å². The van der Waals surface area contributed by atoms with Crippen molar-refractivity contribution in [3.63, 3.8) is 0 Å². The van der Waals surface area contributed by atoms with Gasteiger partial charge in [-0.15, -0.1) is 0 Å². The van der Waals surface area contributed by atoms with E-state index in [0.717, 1.165) is 12.0 Å². The molecule has 4 nitrogen and oxygen atoms in total. The minimum Gasteiger partial charge on any atom is -0.484 e. The summed E-state index contributed by atoms with van der Waals surface area (Å²) in [6.07, 6.45) is 0.806. The first-order valence-electron chi connectivity index (χ1n) is 6.64. The van der Waals surface area contributed by atoms with Crippen molar-refractivity contribution in [1.29, 1.82) is 0 Å². The first-order valence-corrected chi connectivity index (χ1v) is 6.64. The summed E-state index contributed by atoms with van der Waals surface area (Å²) in [4.78, 5) is 11.7. The molecule has 0 saturated heterocycles. The Morgan fingerprint density at radius 1 is 1.19 bits per heavy atom. The molecular formula is C16H17FN2O2. The molecule has 5 heteroatoms. The van der Waals surface area contributed by atoms with Gasteiger partial charge in [0.25, 0.3) is 5.91 Å². The number of carbonyl (C=O) groups excluding carboxylic acids is 1. The van der Waals surface area contributed by atoms with Crippen LogP contribution >= 0.6 is 0 Å². The molecule has 0 aliphatic carbocycles. The maximum absolute atomic E-state index is 13.0. The maximum atomic E-state index is 13.0. The van der Waals surface area contributed by atoms with Crippen molar-refractivity contribution in [3.05, 3.63) is 59.9 Å². The zero-order valence-corrected chi connectivity index (χ0v) is 11.5. The molecule has 0 aliphatic rings. The van der Waals surface area contributed by atoms with Gasteiger partial charge < -0.3 is 15.8 Å². The van der Waals surface area contributed by atoms with E-state index in [-0.39, 0.29) is 12.5 Å². The number of rotatable bonds is 6. The van der Waals surface area contributed by atoms with Crippen LogP contribution < -0.4 is 15.8 Å². The van der Waals surface area contributed by atoms with Crippen LogP contribution in [0.5, 0.6) is 5.75 Å². The second kappa shape index (κ2) is 7.40. The van der Waals surface area contributed by atoms with Crippen LogP contribution in [-0.4, -0.2) is 19.1 Å². The third-order valence-electron chi connectivity index (χ3n) is 2.83. The zero-order chi connectivity index (χ0) is 15.1. The van der Waals surface area contributed by atoms with E-state index in [4.69, 9.17) is 10.5 Å². The molecule has 2 rings (SSSR count). The molecule has 0 aromatic heterocycles. The number of nitrogens with two attached hydrogens (primary N) is 1. The van der Waals surface area contributed by atoms with Gasteiger partial charge in [0.05, 0.1) is 0 Å². The Hall–Kier alpha value is -2.40. The van der Waals surface area contributed by atoms with Gasteiger partial charge in [-0.05, 0) is 48.9 Å². The predicted octanol–water partition coefficient (Wildman–Crippen LogP) is 2.34. The van der Waals surface area contributed by atoms with Crippen LogP contribution in [0, 0.1) is 5.82 Å². The number of ether oxygens (including phenoxy) is 1. The van der Waals surface area contributed by atoms with Gasteiger partial charge in [-0.3, -0.25) is 4.79 Å². The Morgan fingerprint density at radius 2 is 1.95 bits per heavy atom. The number of hydrogen-bond donors (Lipinski definition) is 2. The minimum atomic E-state index is -0.399. The molecule has 0 bridgehead atoms. The van der Waals surface area contributed by atoms with E-state index in [1.54, 1.807) is 18.2 Å². The van der Waals surface area contributed by atoms with Crippen LogP contribution in [0.15, 0.2) is 48.5 Å². The van der Waals surface area contributed by atoms with Gasteiger partial charge >= 0.3 is 0 Å². The molecule has 1 amide bonds. The van der Waals surface area contributed by atoms with E-state index in [9.17, 15) is 9.18 Å². The molecule has 2 aromatic rings. The standard InChI is InChI=1S/C16H17FN2O2/c17-13-2-1-3-14(10-13)19-16(20)11-21-15-6-4-12(5-7-15)8-9-18/h1-7,10H,8-9,11,18H2,(H,19,20). The summed E-state index contributed by atoms with van der Waals surface area (Å²) >= 11 is 0. The average Bonchev–Trinajstić information content (AvgIpc) is 2.47. The highest BCUT2D eigenvalue weighted by Gasteiger charge is 2.04. The highest BCUT2D eigenvalue weighted by atomic mass is 19.1. The molecule has 0 atom stereocenters. The monoisotopic (exact) mass is 288 g/mol. The lowest BCUT2D eigenvalue weighted by Crippen LogP contribution is -2.20. The fourth-order valence-corrected chi connectivity index (χ4v) is 1.83. The summed E-state index contributed by atoms with van der Waals surface area (Å²) in [6.45, 7) is 0.461. The fraction of sp³-hybridized carbons (Fsp3) is 0.188. The zero-order valence-electron chi connectivity index (χ0n) is 11.5. The number of carbonyl (C=O) groups is 1. The Balaban J connectivity index is 1.83. The normalized spacial score (nSPS) is 10.2. The lowest BCUT2D eigenvalue weighted by atomic mass is 10.1. The summed E-state index contributed by atoms with van der Waals surface area (Å²) in [5.41, 5.74) is 6.99. The molecule has 21 heavy (non-hydrogen) atoms. The van der Waals surface area contributed by atoms with Crippen LogP contribution in [0.3, 0.4) is 0 Å². The molecule has 3 N–H and O–H groups in total. The average molecular weight is 288 g/mol. The summed E-state index contributed by atoms with van der Waals surface area (Å²) < 4.78 is 18.3. The van der Waals surface area contributed by atoms with Crippen molar-refractivity contribution in [2.75, 3.05) is 18.5 Å². The molecular weight excluding hydrogens is 271 g/mol. The van der Waals surface area contributed by atoms with Crippen molar-refractivity contribution in [3.8, 4) is 5.75 Å². The van der Waals surface area contributed by atoms with Crippen LogP contribution in [0.4, 0.5) is 10.1 Å². The van der Waals surface area contributed by atoms with Crippen molar-refractivity contribution >= 4 is 11.6 Å².